The van der Waals surface area contributed by atoms with E-state index in [2.05, 4.69) is 5.32 Å². The van der Waals surface area contributed by atoms with Crippen LogP contribution in [0.15, 0.2) is 36.4 Å². The van der Waals surface area contributed by atoms with E-state index < -0.39 is 5.82 Å². The Hall–Kier alpha value is -2.60. The van der Waals surface area contributed by atoms with Gasteiger partial charge in [-0.2, -0.15) is 0 Å². The van der Waals surface area contributed by atoms with Crippen molar-refractivity contribution in [2.24, 2.45) is 5.73 Å². The number of carbonyl (C=O) groups is 1. The van der Waals surface area contributed by atoms with Crippen molar-refractivity contribution in [1.29, 1.82) is 0 Å². The summed E-state index contributed by atoms with van der Waals surface area (Å²) in [6.07, 6.45) is 0. The standard InChI is InChI=1S/C20H25FN2O3/c1-4-25-19-8-6-15(12-17(19)21)14(3)23-20(24)16-11-13(2)5-7-18(16)26-10-9-22/h5-8,11-12,14H,4,9-10,22H2,1-3H3,(H,23,24)/t14-/m0/s1. The van der Waals surface area contributed by atoms with Crippen LogP contribution in [-0.4, -0.2) is 25.7 Å². The molecule has 2 rings (SSSR count). The molecule has 26 heavy (non-hydrogen) atoms. The summed E-state index contributed by atoms with van der Waals surface area (Å²) in [6, 6.07) is 9.68. The van der Waals surface area contributed by atoms with Gasteiger partial charge in [0.1, 0.15) is 12.4 Å². The molecule has 0 aliphatic heterocycles. The lowest BCUT2D eigenvalue weighted by Crippen LogP contribution is -2.27. The topological polar surface area (TPSA) is 73.6 Å². The largest absolute Gasteiger partial charge is 0.491 e. The summed E-state index contributed by atoms with van der Waals surface area (Å²) in [5.41, 5.74) is 7.48. The second kappa shape index (κ2) is 9.20. The Labute approximate surface area is 153 Å². The first-order valence-electron chi connectivity index (χ1n) is 8.62. The Morgan fingerprint density at radius 3 is 2.58 bits per heavy atom. The Morgan fingerprint density at radius 2 is 1.92 bits per heavy atom. The molecule has 3 N–H and O–H groups in total. The van der Waals surface area contributed by atoms with Crippen molar-refractivity contribution >= 4 is 5.91 Å². The zero-order valence-corrected chi connectivity index (χ0v) is 15.3. The molecule has 0 aliphatic rings. The maximum absolute atomic E-state index is 14.0. The summed E-state index contributed by atoms with van der Waals surface area (Å²) >= 11 is 0. The number of hydrogen-bond acceptors (Lipinski definition) is 4. The van der Waals surface area contributed by atoms with E-state index in [1.165, 1.54) is 6.07 Å². The van der Waals surface area contributed by atoms with Crippen LogP contribution in [-0.2, 0) is 0 Å². The van der Waals surface area contributed by atoms with E-state index in [1.807, 2.05) is 13.0 Å². The van der Waals surface area contributed by atoms with Gasteiger partial charge in [-0.1, -0.05) is 17.7 Å². The molecule has 1 amide bonds. The van der Waals surface area contributed by atoms with Crippen LogP contribution >= 0.6 is 0 Å². The number of halogens is 1. The molecule has 0 fully saturated rings. The highest BCUT2D eigenvalue weighted by atomic mass is 19.1. The lowest BCUT2D eigenvalue weighted by atomic mass is 10.1. The smallest absolute Gasteiger partial charge is 0.255 e. The molecule has 0 spiro atoms. The van der Waals surface area contributed by atoms with Crippen molar-refractivity contribution in [3.63, 3.8) is 0 Å². The summed E-state index contributed by atoms with van der Waals surface area (Å²) in [6.45, 7) is 6.56. The molecule has 0 heterocycles. The highest BCUT2D eigenvalue weighted by Gasteiger charge is 2.17. The average Bonchev–Trinajstić information content (AvgIpc) is 2.62. The number of rotatable bonds is 8. The normalized spacial score (nSPS) is 11.7. The molecule has 2 aromatic rings. The van der Waals surface area contributed by atoms with Crippen LogP contribution < -0.4 is 20.5 Å². The van der Waals surface area contributed by atoms with Gasteiger partial charge in [0.05, 0.1) is 18.2 Å². The fourth-order valence-corrected chi connectivity index (χ4v) is 2.53. The van der Waals surface area contributed by atoms with E-state index in [0.29, 0.717) is 36.6 Å². The van der Waals surface area contributed by atoms with Gasteiger partial charge in [-0.15, -0.1) is 0 Å². The highest BCUT2D eigenvalue weighted by molar-refractivity contribution is 5.97. The summed E-state index contributed by atoms with van der Waals surface area (Å²) in [4.78, 5) is 12.7. The van der Waals surface area contributed by atoms with Gasteiger partial charge < -0.3 is 20.5 Å². The molecule has 0 saturated heterocycles. The van der Waals surface area contributed by atoms with Crippen LogP contribution in [0.25, 0.3) is 0 Å². The van der Waals surface area contributed by atoms with Gasteiger partial charge in [0.25, 0.3) is 5.91 Å². The van der Waals surface area contributed by atoms with Crippen molar-refractivity contribution in [3.05, 3.63) is 58.9 Å². The van der Waals surface area contributed by atoms with Crippen LogP contribution in [0, 0.1) is 12.7 Å². The first-order chi connectivity index (χ1) is 12.5. The van der Waals surface area contributed by atoms with E-state index in [9.17, 15) is 9.18 Å². The first kappa shape index (κ1) is 19.7. The second-order valence-electron chi connectivity index (χ2n) is 5.95. The predicted octanol–water partition coefficient (Wildman–Crippen LogP) is 3.36. The summed E-state index contributed by atoms with van der Waals surface area (Å²) in [7, 11) is 0. The minimum Gasteiger partial charge on any atom is -0.491 e. The van der Waals surface area contributed by atoms with Crippen LogP contribution in [0.4, 0.5) is 4.39 Å². The molecular formula is C20H25FN2O3. The molecule has 0 aromatic heterocycles. The van der Waals surface area contributed by atoms with Crippen LogP contribution in [0.5, 0.6) is 11.5 Å². The highest BCUT2D eigenvalue weighted by Crippen LogP contribution is 2.24. The number of aryl methyl sites for hydroxylation is 1. The molecule has 140 valence electrons. The number of ether oxygens (including phenoxy) is 2. The molecule has 0 unspecified atom stereocenters. The maximum Gasteiger partial charge on any atom is 0.255 e. The summed E-state index contributed by atoms with van der Waals surface area (Å²) in [5.74, 6) is -0.0648. The molecule has 5 nitrogen and oxygen atoms in total. The lowest BCUT2D eigenvalue weighted by Gasteiger charge is -2.17. The minimum atomic E-state index is -0.451. The quantitative estimate of drug-likeness (QED) is 0.757. The predicted molar refractivity (Wildman–Crippen MR) is 99.2 cm³/mol. The fraction of sp³-hybridized carbons (Fsp3) is 0.350. The average molecular weight is 360 g/mol. The zero-order valence-electron chi connectivity index (χ0n) is 15.3. The van der Waals surface area contributed by atoms with Crippen molar-refractivity contribution in [2.45, 2.75) is 26.8 Å². The monoisotopic (exact) mass is 360 g/mol. The number of hydrogen-bond donors (Lipinski definition) is 2. The maximum atomic E-state index is 14.0. The molecule has 2 aromatic carbocycles. The zero-order chi connectivity index (χ0) is 19.1. The molecule has 0 aliphatic carbocycles. The van der Waals surface area contributed by atoms with Gasteiger partial charge in [-0.05, 0) is 50.6 Å². The van der Waals surface area contributed by atoms with Gasteiger partial charge in [-0.3, -0.25) is 4.79 Å². The Bertz CT molecular complexity index is 765. The molecule has 1 atom stereocenters. The third-order valence-corrected chi connectivity index (χ3v) is 3.86. The van der Waals surface area contributed by atoms with Crippen molar-refractivity contribution in [2.75, 3.05) is 19.8 Å². The molecular weight excluding hydrogens is 335 g/mol. The number of nitrogens with one attached hydrogen (secondary N) is 1. The van der Waals surface area contributed by atoms with Gasteiger partial charge >= 0.3 is 0 Å². The minimum absolute atomic E-state index is 0.200. The van der Waals surface area contributed by atoms with Crippen LogP contribution in [0.3, 0.4) is 0 Å². The summed E-state index contributed by atoms with van der Waals surface area (Å²) in [5, 5.41) is 2.88. The third kappa shape index (κ3) is 4.95. The van der Waals surface area contributed by atoms with Crippen molar-refractivity contribution in [1.82, 2.24) is 5.32 Å². The Morgan fingerprint density at radius 1 is 1.19 bits per heavy atom. The molecule has 0 radical (unpaired) electrons. The lowest BCUT2D eigenvalue weighted by molar-refractivity contribution is 0.0935. The Balaban J connectivity index is 2.16. The van der Waals surface area contributed by atoms with Crippen molar-refractivity contribution < 1.29 is 18.7 Å². The van der Waals surface area contributed by atoms with E-state index in [0.717, 1.165) is 5.56 Å². The second-order valence-corrected chi connectivity index (χ2v) is 5.95. The van der Waals surface area contributed by atoms with E-state index in [-0.39, 0.29) is 17.7 Å². The molecule has 6 heteroatoms. The third-order valence-electron chi connectivity index (χ3n) is 3.86. The molecule has 0 saturated carbocycles. The number of carbonyl (C=O) groups excluding carboxylic acids is 1. The van der Waals surface area contributed by atoms with E-state index in [4.69, 9.17) is 15.2 Å². The van der Waals surface area contributed by atoms with Gasteiger partial charge in [0.15, 0.2) is 11.6 Å². The van der Waals surface area contributed by atoms with E-state index >= 15 is 0 Å². The Kier molecular flexibility index (Phi) is 6.97. The number of amides is 1. The fourth-order valence-electron chi connectivity index (χ4n) is 2.53. The van der Waals surface area contributed by atoms with Gasteiger partial charge in [-0.25, -0.2) is 4.39 Å². The van der Waals surface area contributed by atoms with Crippen LogP contribution in [0.1, 0.15) is 41.4 Å². The van der Waals surface area contributed by atoms with Gasteiger partial charge in [0.2, 0.25) is 0 Å². The molecule has 0 bridgehead atoms. The van der Waals surface area contributed by atoms with Crippen molar-refractivity contribution in [3.8, 4) is 11.5 Å². The summed E-state index contributed by atoms with van der Waals surface area (Å²) < 4.78 is 24.8. The first-order valence-corrected chi connectivity index (χ1v) is 8.62. The van der Waals surface area contributed by atoms with Gasteiger partial charge in [0, 0.05) is 6.54 Å². The van der Waals surface area contributed by atoms with Crippen LogP contribution in [0.2, 0.25) is 0 Å². The number of benzene rings is 2. The van der Waals surface area contributed by atoms with E-state index in [1.54, 1.807) is 38.1 Å². The number of nitrogens with two attached hydrogens (primary N) is 1. The SMILES string of the molecule is CCOc1ccc([C@H](C)NC(=O)c2cc(C)ccc2OCCN)cc1F.